The van der Waals surface area contributed by atoms with Crippen LogP contribution in [0.15, 0.2) is 0 Å². The second-order valence-electron chi connectivity index (χ2n) is 9.16. The second-order valence-corrected chi connectivity index (χ2v) is 9.16. The van der Waals surface area contributed by atoms with Crippen molar-refractivity contribution in [3.63, 3.8) is 0 Å². The molecule has 23 heavy (non-hydrogen) atoms. The van der Waals surface area contributed by atoms with E-state index >= 15 is 0 Å². The normalized spacial score (nSPS) is 41.5. The minimum atomic E-state index is 0.396. The summed E-state index contributed by atoms with van der Waals surface area (Å²) in [5.74, 6) is 3.92. The number of nitrogens with two attached hydrogens (primary N) is 1. The third kappa shape index (κ3) is 5.21. The average Bonchev–Trinajstić information content (AvgIpc) is 2.55. The van der Waals surface area contributed by atoms with Gasteiger partial charge in [0.2, 0.25) is 0 Å². The van der Waals surface area contributed by atoms with Gasteiger partial charge in [-0.1, -0.05) is 67.7 Å². The molecule has 0 radical (unpaired) electrons. The first-order valence-electron chi connectivity index (χ1n) is 10.5. The van der Waals surface area contributed by atoms with E-state index in [-0.39, 0.29) is 0 Å². The monoisotopic (exact) mass is 323 g/mol. The molecular weight excluding hydrogens is 278 g/mol. The van der Waals surface area contributed by atoms with Crippen LogP contribution in [0.4, 0.5) is 0 Å². The summed E-state index contributed by atoms with van der Waals surface area (Å²) < 4.78 is 0. The highest BCUT2D eigenvalue weighted by molar-refractivity contribution is 4.91. The van der Waals surface area contributed by atoms with Crippen LogP contribution in [0.1, 0.15) is 99.8 Å². The summed E-state index contributed by atoms with van der Waals surface area (Å²) in [5.41, 5.74) is 7.02. The van der Waals surface area contributed by atoms with E-state index in [1.54, 1.807) is 0 Å². The summed E-state index contributed by atoms with van der Waals surface area (Å²) in [6.45, 7) is 17.2. The van der Waals surface area contributed by atoms with Crippen molar-refractivity contribution >= 4 is 0 Å². The van der Waals surface area contributed by atoms with E-state index < -0.39 is 0 Å². The van der Waals surface area contributed by atoms with Gasteiger partial charge in [0.25, 0.3) is 0 Å². The maximum Gasteiger partial charge on any atom is 0.00671 e. The van der Waals surface area contributed by atoms with Crippen LogP contribution in [0, 0.1) is 35.0 Å². The van der Waals surface area contributed by atoms with Gasteiger partial charge in [-0.3, -0.25) is 0 Å². The lowest BCUT2D eigenvalue weighted by molar-refractivity contribution is 0.0229. The topological polar surface area (TPSA) is 26.0 Å². The van der Waals surface area contributed by atoms with Gasteiger partial charge in [0.05, 0.1) is 0 Å². The van der Waals surface area contributed by atoms with Crippen LogP contribution in [0.5, 0.6) is 0 Å². The first kappa shape index (κ1) is 21.0. The molecule has 0 bridgehead atoms. The van der Waals surface area contributed by atoms with Crippen LogP contribution >= 0.6 is 0 Å². The Kier molecular flexibility index (Phi) is 8.63. The highest BCUT2D eigenvalue weighted by Gasteiger charge is 2.41. The molecule has 0 aromatic rings. The Hall–Kier alpha value is -0.0400. The molecular formula is C22H45N. The summed E-state index contributed by atoms with van der Waals surface area (Å²) in [6.07, 6.45) is 10.7. The van der Waals surface area contributed by atoms with E-state index in [0.29, 0.717) is 17.4 Å². The molecule has 1 aliphatic carbocycles. The maximum atomic E-state index is 6.52. The van der Waals surface area contributed by atoms with Gasteiger partial charge in [-0.2, -0.15) is 0 Å². The van der Waals surface area contributed by atoms with Crippen molar-refractivity contribution < 1.29 is 0 Å². The highest BCUT2D eigenvalue weighted by Crippen LogP contribution is 2.49. The lowest BCUT2D eigenvalue weighted by atomic mass is 9.58. The highest BCUT2D eigenvalue weighted by atomic mass is 14.7. The summed E-state index contributed by atoms with van der Waals surface area (Å²) in [7, 11) is 0. The fourth-order valence-corrected chi connectivity index (χ4v) is 5.09. The van der Waals surface area contributed by atoms with E-state index in [1.807, 2.05) is 0 Å². The van der Waals surface area contributed by atoms with Gasteiger partial charge in [-0.15, -0.1) is 0 Å². The van der Waals surface area contributed by atoms with Crippen LogP contribution < -0.4 is 5.73 Å². The third-order valence-corrected chi connectivity index (χ3v) is 7.81. The summed E-state index contributed by atoms with van der Waals surface area (Å²) in [6, 6.07) is 0.396. The molecule has 2 N–H and O–H groups in total. The van der Waals surface area contributed by atoms with Gasteiger partial charge in [0, 0.05) is 6.04 Å². The summed E-state index contributed by atoms with van der Waals surface area (Å²) in [5, 5.41) is 0. The zero-order valence-corrected chi connectivity index (χ0v) is 17.2. The smallest absolute Gasteiger partial charge is 0.00671 e. The first-order chi connectivity index (χ1) is 10.8. The van der Waals surface area contributed by atoms with Gasteiger partial charge < -0.3 is 5.73 Å². The van der Waals surface area contributed by atoms with Crippen molar-refractivity contribution in [1.82, 2.24) is 0 Å². The number of hydrogen-bond acceptors (Lipinski definition) is 1. The first-order valence-corrected chi connectivity index (χ1v) is 10.5. The fraction of sp³-hybridized carbons (Fsp3) is 1.00. The van der Waals surface area contributed by atoms with Crippen LogP contribution in [-0.4, -0.2) is 6.04 Å². The van der Waals surface area contributed by atoms with Gasteiger partial charge in [0.15, 0.2) is 0 Å². The van der Waals surface area contributed by atoms with Crippen molar-refractivity contribution in [3.8, 4) is 0 Å². The molecule has 1 rings (SSSR count). The van der Waals surface area contributed by atoms with E-state index in [0.717, 1.165) is 23.7 Å². The molecule has 1 saturated carbocycles. The third-order valence-electron chi connectivity index (χ3n) is 7.81. The molecule has 6 unspecified atom stereocenters. The van der Waals surface area contributed by atoms with Gasteiger partial charge in [0.1, 0.15) is 0 Å². The van der Waals surface area contributed by atoms with Crippen molar-refractivity contribution in [3.05, 3.63) is 0 Å². The Morgan fingerprint density at radius 1 is 1.04 bits per heavy atom. The number of hydrogen-bond donors (Lipinski definition) is 1. The molecule has 1 aliphatic rings. The molecule has 1 nitrogen and oxygen atoms in total. The summed E-state index contributed by atoms with van der Waals surface area (Å²) >= 11 is 0. The molecule has 0 spiro atoms. The summed E-state index contributed by atoms with van der Waals surface area (Å²) in [4.78, 5) is 0. The zero-order valence-electron chi connectivity index (χ0n) is 17.2. The van der Waals surface area contributed by atoms with Gasteiger partial charge in [-0.25, -0.2) is 0 Å². The van der Waals surface area contributed by atoms with Crippen LogP contribution in [-0.2, 0) is 0 Å². The zero-order chi connectivity index (χ0) is 17.6. The molecule has 0 heterocycles. The minimum Gasteiger partial charge on any atom is -0.327 e. The fourth-order valence-electron chi connectivity index (χ4n) is 5.09. The van der Waals surface area contributed by atoms with Crippen molar-refractivity contribution in [1.29, 1.82) is 0 Å². The molecule has 1 fully saturated rings. The number of unbranched alkanes of at least 4 members (excludes halogenated alkanes) is 1. The Morgan fingerprint density at radius 3 is 2.26 bits per heavy atom. The predicted molar refractivity (Wildman–Crippen MR) is 105 cm³/mol. The van der Waals surface area contributed by atoms with Crippen LogP contribution in [0.25, 0.3) is 0 Å². The van der Waals surface area contributed by atoms with Gasteiger partial charge >= 0.3 is 0 Å². The molecule has 0 aliphatic heterocycles. The Morgan fingerprint density at radius 2 is 1.70 bits per heavy atom. The van der Waals surface area contributed by atoms with Crippen molar-refractivity contribution in [2.75, 3.05) is 0 Å². The second kappa shape index (κ2) is 9.44. The van der Waals surface area contributed by atoms with Gasteiger partial charge in [-0.05, 0) is 67.1 Å². The van der Waals surface area contributed by atoms with Crippen LogP contribution in [0.3, 0.4) is 0 Å². The molecule has 1 heteroatoms. The average molecular weight is 324 g/mol. The molecule has 0 saturated heterocycles. The molecule has 0 amide bonds. The quantitative estimate of drug-likeness (QED) is 0.602. The Balaban J connectivity index is 3.07. The maximum absolute atomic E-state index is 6.52. The van der Waals surface area contributed by atoms with Crippen molar-refractivity contribution in [2.45, 2.75) is 106 Å². The largest absolute Gasteiger partial charge is 0.327 e. The Bertz CT molecular complexity index is 326. The standard InChI is InChI=1S/C22H45N/c1-8-10-11-20-17(4)12-13-21(23)19(6)16(3)14-15-22(20,7)18(5)9-2/h16-21H,8-15,23H2,1-7H3/t16?,17?,18-,19?,20?,21?,22?/m1/s1. The molecule has 0 aromatic carbocycles. The molecule has 0 aromatic heterocycles. The van der Waals surface area contributed by atoms with E-state index in [4.69, 9.17) is 5.73 Å². The van der Waals surface area contributed by atoms with Crippen LogP contribution in [0.2, 0.25) is 0 Å². The van der Waals surface area contributed by atoms with E-state index in [1.165, 1.54) is 51.4 Å². The molecule has 7 atom stereocenters. The van der Waals surface area contributed by atoms with E-state index in [9.17, 15) is 0 Å². The van der Waals surface area contributed by atoms with E-state index in [2.05, 4.69) is 48.5 Å². The SMILES string of the molecule is CCCCC1C(C)CCC(N)C(C)C(C)CCC1(C)[C@H](C)CC. The minimum absolute atomic E-state index is 0.396. The molecule has 138 valence electrons. The van der Waals surface area contributed by atoms with Crippen molar-refractivity contribution in [2.24, 2.45) is 40.7 Å². The number of rotatable bonds is 5. The lowest BCUT2D eigenvalue weighted by Crippen LogP contribution is -2.41. The Labute approximate surface area is 147 Å². The predicted octanol–water partition coefficient (Wildman–Crippen LogP) is 6.65. The lowest BCUT2D eigenvalue weighted by Gasteiger charge is -2.48.